The van der Waals surface area contributed by atoms with Crippen LogP contribution in [-0.2, 0) is 4.79 Å². The molecular formula is C16H14N4O2S. The summed E-state index contributed by atoms with van der Waals surface area (Å²) in [6.07, 6.45) is 0. The van der Waals surface area contributed by atoms with Crippen LogP contribution in [0.4, 0.5) is 10.8 Å². The fourth-order valence-electron chi connectivity index (χ4n) is 2.14. The molecule has 0 spiro atoms. The maximum atomic E-state index is 11.8. The molecule has 4 N–H and O–H groups in total. The van der Waals surface area contributed by atoms with Crippen LogP contribution < -0.4 is 16.4 Å². The number of carbonyl (C=O) groups excluding carboxylic acids is 2. The van der Waals surface area contributed by atoms with Crippen LogP contribution in [0.3, 0.4) is 0 Å². The molecule has 1 heterocycles. The molecule has 2 amide bonds. The van der Waals surface area contributed by atoms with Gasteiger partial charge in [0.25, 0.3) is 5.91 Å². The smallest absolute Gasteiger partial charge is 0.271 e. The Labute approximate surface area is 136 Å². The third kappa shape index (κ3) is 3.46. The third-order valence-corrected chi connectivity index (χ3v) is 3.95. The SMILES string of the molecule is NC(=O)CNC(=O)c1csc(Nc2cccc3ccccc23)n1. The number of anilines is 2. The van der Waals surface area contributed by atoms with Crippen LogP contribution >= 0.6 is 11.3 Å². The summed E-state index contributed by atoms with van der Waals surface area (Å²) in [4.78, 5) is 26.7. The highest BCUT2D eigenvalue weighted by atomic mass is 32.1. The van der Waals surface area contributed by atoms with Gasteiger partial charge in [-0.25, -0.2) is 4.98 Å². The van der Waals surface area contributed by atoms with E-state index in [0.717, 1.165) is 16.5 Å². The Bertz CT molecular complexity index is 870. The number of hydrogen-bond donors (Lipinski definition) is 3. The molecule has 0 atom stereocenters. The molecule has 0 aliphatic rings. The lowest BCUT2D eigenvalue weighted by molar-refractivity contribution is -0.117. The van der Waals surface area contributed by atoms with Crippen LogP contribution in [-0.4, -0.2) is 23.3 Å². The van der Waals surface area contributed by atoms with E-state index in [1.165, 1.54) is 11.3 Å². The van der Waals surface area contributed by atoms with Crippen LogP contribution in [0.5, 0.6) is 0 Å². The highest BCUT2D eigenvalue weighted by molar-refractivity contribution is 7.14. The first-order valence-corrected chi connectivity index (χ1v) is 7.78. The Morgan fingerprint density at radius 1 is 1.13 bits per heavy atom. The second-order valence-electron chi connectivity index (χ2n) is 4.84. The average molecular weight is 326 g/mol. The Morgan fingerprint density at radius 2 is 1.91 bits per heavy atom. The number of aromatic nitrogens is 1. The fourth-order valence-corrected chi connectivity index (χ4v) is 2.85. The molecule has 7 heteroatoms. The van der Waals surface area contributed by atoms with Gasteiger partial charge >= 0.3 is 0 Å². The molecule has 0 saturated carbocycles. The van der Waals surface area contributed by atoms with Gasteiger partial charge in [0.1, 0.15) is 5.69 Å². The zero-order valence-electron chi connectivity index (χ0n) is 12.1. The van der Waals surface area contributed by atoms with Gasteiger partial charge in [0, 0.05) is 16.5 Å². The van der Waals surface area contributed by atoms with Crippen molar-refractivity contribution in [1.29, 1.82) is 0 Å². The zero-order valence-corrected chi connectivity index (χ0v) is 12.9. The molecule has 1 aromatic heterocycles. The predicted molar refractivity (Wildman–Crippen MR) is 90.9 cm³/mol. The highest BCUT2D eigenvalue weighted by Gasteiger charge is 2.11. The molecular weight excluding hydrogens is 312 g/mol. The van der Waals surface area contributed by atoms with Crippen LogP contribution in [0.15, 0.2) is 47.8 Å². The Balaban J connectivity index is 1.78. The van der Waals surface area contributed by atoms with Gasteiger partial charge in [-0.2, -0.15) is 0 Å². The van der Waals surface area contributed by atoms with Crippen LogP contribution in [0.25, 0.3) is 10.8 Å². The second-order valence-corrected chi connectivity index (χ2v) is 5.70. The summed E-state index contributed by atoms with van der Waals surface area (Å²) in [6.45, 7) is -0.206. The first-order chi connectivity index (χ1) is 11.1. The molecule has 3 rings (SSSR count). The average Bonchev–Trinajstić information content (AvgIpc) is 3.01. The van der Waals surface area contributed by atoms with Crippen molar-refractivity contribution in [1.82, 2.24) is 10.3 Å². The maximum absolute atomic E-state index is 11.8. The lowest BCUT2D eigenvalue weighted by Gasteiger charge is -2.06. The number of nitrogens with one attached hydrogen (secondary N) is 2. The number of fused-ring (bicyclic) bond motifs is 1. The molecule has 0 unspecified atom stereocenters. The second kappa shape index (κ2) is 6.45. The van der Waals surface area contributed by atoms with Crippen molar-refractivity contribution in [2.45, 2.75) is 0 Å². The van der Waals surface area contributed by atoms with Crippen LogP contribution in [0, 0.1) is 0 Å². The number of carbonyl (C=O) groups is 2. The summed E-state index contributed by atoms with van der Waals surface area (Å²) in [6, 6.07) is 14.0. The first kappa shape index (κ1) is 15.0. The molecule has 6 nitrogen and oxygen atoms in total. The number of nitrogens with two attached hydrogens (primary N) is 1. The van der Waals surface area contributed by atoms with Crippen molar-refractivity contribution in [3.05, 3.63) is 53.5 Å². The lowest BCUT2D eigenvalue weighted by atomic mass is 10.1. The van der Waals surface area contributed by atoms with Gasteiger partial charge in [0.05, 0.1) is 6.54 Å². The lowest BCUT2D eigenvalue weighted by Crippen LogP contribution is -2.33. The summed E-state index contributed by atoms with van der Waals surface area (Å²) in [5, 5.41) is 10.1. The number of nitrogens with zero attached hydrogens (tertiary/aromatic N) is 1. The van der Waals surface area contributed by atoms with Gasteiger partial charge in [-0.15, -0.1) is 11.3 Å². The van der Waals surface area contributed by atoms with E-state index in [0.29, 0.717) is 5.13 Å². The van der Waals surface area contributed by atoms with E-state index in [1.807, 2.05) is 42.5 Å². The number of thiazole rings is 1. The predicted octanol–water partition coefficient (Wildman–Crippen LogP) is 2.25. The molecule has 2 aromatic carbocycles. The monoisotopic (exact) mass is 326 g/mol. The van der Waals surface area contributed by atoms with Gasteiger partial charge in [-0.1, -0.05) is 36.4 Å². The topological polar surface area (TPSA) is 97.1 Å². The molecule has 0 aliphatic carbocycles. The molecule has 0 radical (unpaired) electrons. The van der Waals surface area contributed by atoms with Crippen LogP contribution in [0.2, 0.25) is 0 Å². The van der Waals surface area contributed by atoms with Crippen molar-refractivity contribution in [3.8, 4) is 0 Å². The number of benzene rings is 2. The largest absolute Gasteiger partial charge is 0.368 e. The van der Waals surface area contributed by atoms with E-state index < -0.39 is 11.8 Å². The molecule has 23 heavy (non-hydrogen) atoms. The summed E-state index contributed by atoms with van der Waals surface area (Å²) in [7, 11) is 0. The minimum absolute atomic E-state index is 0.206. The normalized spacial score (nSPS) is 10.4. The van der Waals surface area contributed by atoms with Crippen LogP contribution in [0.1, 0.15) is 10.5 Å². The van der Waals surface area contributed by atoms with Crippen molar-refractivity contribution in [3.63, 3.8) is 0 Å². The van der Waals surface area contributed by atoms with E-state index in [9.17, 15) is 9.59 Å². The van der Waals surface area contributed by atoms with E-state index in [4.69, 9.17) is 5.73 Å². The minimum Gasteiger partial charge on any atom is -0.368 e. The molecule has 0 fully saturated rings. The summed E-state index contributed by atoms with van der Waals surface area (Å²) in [5.74, 6) is -1.02. The van der Waals surface area contributed by atoms with Gasteiger partial charge in [-0.05, 0) is 11.5 Å². The number of rotatable bonds is 5. The van der Waals surface area contributed by atoms with Gasteiger partial charge < -0.3 is 16.4 Å². The Morgan fingerprint density at radius 3 is 2.74 bits per heavy atom. The summed E-state index contributed by atoms with van der Waals surface area (Å²) < 4.78 is 0. The van der Waals surface area contributed by atoms with Crippen molar-refractivity contribution < 1.29 is 9.59 Å². The van der Waals surface area contributed by atoms with E-state index in [2.05, 4.69) is 15.6 Å². The molecule has 0 aliphatic heterocycles. The van der Waals surface area contributed by atoms with Gasteiger partial charge in [0.15, 0.2) is 5.13 Å². The van der Waals surface area contributed by atoms with E-state index in [1.54, 1.807) is 5.38 Å². The first-order valence-electron chi connectivity index (χ1n) is 6.90. The zero-order chi connectivity index (χ0) is 16.2. The fraction of sp³-hybridized carbons (Fsp3) is 0.0625. The van der Waals surface area contributed by atoms with E-state index >= 15 is 0 Å². The summed E-state index contributed by atoms with van der Waals surface area (Å²) in [5.41, 5.74) is 6.16. The van der Waals surface area contributed by atoms with Gasteiger partial charge in [0.2, 0.25) is 5.91 Å². The number of primary amides is 1. The maximum Gasteiger partial charge on any atom is 0.271 e. The summed E-state index contributed by atoms with van der Waals surface area (Å²) >= 11 is 1.32. The highest BCUT2D eigenvalue weighted by Crippen LogP contribution is 2.27. The number of amides is 2. The minimum atomic E-state index is -0.595. The Kier molecular flexibility index (Phi) is 4.20. The van der Waals surface area contributed by atoms with Crippen molar-refractivity contribution >= 4 is 44.7 Å². The van der Waals surface area contributed by atoms with Crippen molar-refractivity contribution in [2.24, 2.45) is 5.73 Å². The number of hydrogen-bond acceptors (Lipinski definition) is 5. The third-order valence-electron chi connectivity index (χ3n) is 3.19. The van der Waals surface area contributed by atoms with E-state index in [-0.39, 0.29) is 12.2 Å². The van der Waals surface area contributed by atoms with Gasteiger partial charge in [-0.3, -0.25) is 9.59 Å². The molecule has 0 bridgehead atoms. The standard InChI is InChI=1S/C16H14N4O2S/c17-14(21)8-18-15(22)13-9-23-16(20-13)19-12-7-3-5-10-4-1-2-6-11(10)12/h1-7,9H,8H2,(H2,17,21)(H,18,22)(H,19,20). The Hall–Kier alpha value is -2.93. The quantitative estimate of drug-likeness (QED) is 0.670. The molecule has 116 valence electrons. The molecule has 3 aromatic rings. The van der Waals surface area contributed by atoms with Crippen molar-refractivity contribution in [2.75, 3.05) is 11.9 Å². The molecule has 0 saturated heterocycles.